The number of carbonyl (C=O) groups excluding carboxylic acids is 1. The van der Waals surface area contributed by atoms with Gasteiger partial charge in [0.2, 0.25) is 0 Å². The summed E-state index contributed by atoms with van der Waals surface area (Å²) in [5.41, 5.74) is 0.428. The molecule has 144 valence electrons. The van der Waals surface area contributed by atoms with E-state index in [1.807, 2.05) is 30.0 Å². The molecule has 1 aliphatic heterocycles. The summed E-state index contributed by atoms with van der Waals surface area (Å²) < 4.78 is 37.9. The molecule has 0 saturated carbocycles. The number of benzene rings is 1. The molecular weight excluding hydrogens is 359 g/mol. The smallest absolute Gasteiger partial charge is 0.376 e. The van der Waals surface area contributed by atoms with Crippen molar-refractivity contribution in [2.24, 2.45) is 0 Å². The van der Waals surface area contributed by atoms with Gasteiger partial charge in [-0.3, -0.25) is 4.79 Å². The van der Waals surface area contributed by atoms with Crippen molar-refractivity contribution in [2.45, 2.75) is 6.18 Å². The molecule has 2 aromatic rings. The fourth-order valence-corrected chi connectivity index (χ4v) is 2.87. The predicted octanol–water partition coefficient (Wildman–Crippen LogP) is 2.52. The molecule has 1 aromatic heterocycles. The van der Waals surface area contributed by atoms with E-state index in [4.69, 9.17) is 0 Å². The summed E-state index contributed by atoms with van der Waals surface area (Å²) in [5, 5.41) is 8.15. The van der Waals surface area contributed by atoms with Gasteiger partial charge in [-0.1, -0.05) is 0 Å². The lowest BCUT2D eigenvalue weighted by atomic mass is 10.1. The first kappa shape index (κ1) is 18.9. The Labute approximate surface area is 155 Å². The maximum Gasteiger partial charge on any atom is 0.416 e. The summed E-state index contributed by atoms with van der Waals surface area (Å²) in [7, 11) is 3.84. The summed E-state index contributed by atoms with van der Waals surface area (Å²) >= 11 is 0. The number of piperazine rings is 1. The summed E-state index contributed by atoms with van der Waals surface area (Å²) in [4.78, 5) is 18.2. The molecule has 0 N–H and O–H groups in total. The van der Waals surface area contributed by atoms with Crippen LogP contribution in [0.2, 0.25) is 0 Å². The first-order valence-corrected chi connectivity index (χ1v) is 8.47. The Morgan fingerprint density at radius 2 is 1.70 bits per heavy atom. The molecule has 1 amide bonds. The van der Waals surface area contributed by atoms with Crippen LogP contribution < -0.4 is 9.80 Å². The van der Waals surface area contributed by atoms with Crippen LogP contribution in [0.25, 0.3) is 0 Å². The summed E-state index contributed by atoms with van der Waals surface area (Å²) in [6.45, 7) is 2.09. The second-order valence-corrected chi connectivity index (χ2v) is 6.52. The van der Waals surface area contributed by atoms with E-state index in [0.717, 1.165) is 23.6 Å². The average molecular weight is 379 g/mol. The van der Waals surface area contributed by atoms with Crippen molar-refractivity contribution in [3.05, 3.63) is 47.7 Å². The van der Waals surface area contributed by atoms with Gasteiger partial charge in [-0.25, -0.2) is 0 Å². The van der Waals surface area contributed by atoms with Gasteiger partial charge in [0.1, 0.15) is 0 Å². The van der Waals surface area contributed by atoms with E-state index >= 15 is 0 Å². The minimum absolute atomic E-state index is 0.255. The zero-order valence-corrected chi connectivity index (χ0v) is 15.1. The molecule has 27 heavy (non-hydrogen) atoms. The number of aromatic nitrogens is 2. The highest BCUT2D eigenvalue weighted by Gasteiger charge is 2.30. The molecule has 0 bridgehead atoms. The first-order chi connectivity index (χ1) is 12.8. The van der Waals surface area contributed by atoms with Gasteiger partial charge in [-0.2, -0.15) is 18.3 Å². The minimum atomic E-state index is -4.41. The zero-order chi connectivity index (χ0) is 19.6. The molecule has 1 fully saturated rings. The van der Waals surface area contributed by atoms with Crippen molar-refractivity contribution >= 4 is 17.4 Å². The first-order valence-electron chi connectivity index (χ1n) is 8.47. The number of hydrogen-bond acceptors (Lipinski definition) is 5. The Hall–Kier alpha value is -2.84. The second kappa shape index (κ2) is 7.42. The minimum Gasteiger partial charge on any atom is -0.376 e. The number of carbonyl (C=O) groups is 1. The number of amides is 1. The van der Waals surface area contributed by atoms with Crippen LogP contribution in [-0.4, -0.2) is 61.3 Å². The van der Waals surface area contributed by atoms with Gasteiger partial charge in [0.15, 0.2) is 5.82 Å². The van der Waals surface area contributed by atoms with Gasteiger partial charge in [0, 0.05) is 51.9 Å². The monoisotopic (exact) mass is 379 g/mol. The summed E-state index contributed by atoms with van der Waals surface area (Å²) in [6, 6.07) is 6.26. The fraction of sp³-hybridized carbons (Fsp3) is 0.389. The van der Waals surface area contributed by atoms with Crippen LogP contribution in [0.5, 0.6) is 0 Å². The molecule has 9 heteroatoms. The van der Waals surface area contributed by atoms with Crippen LogP contribution in [0.1, 0.15) is 15.9 Å². The summed E-state index contributed by atoms with van der Waals surface area (Å²) in [5.74, 6) is 0.472. The normalized spacial score (nSPS) is 15.0. The van der Waals surface area contributed by atoms with Crippen LogP contribution in [0, 0.1) is 0 Å². The fourth-order valence-electron chi connectivity index (χ4n) is 2.87. The topological polar surface area (TPSA) is 52.6 Å². The Bertz CT molecular complexity index is 799. The number of halogens is 3. The van der Waals surface area contributed by atoms with Gasteiger partial charge in [-0.05, 0) is 24.3 Å². The SMILES string of the molecule is CN(C)c1cnnc(N2CCN(C(=O)c3ccc(C(F)(F)F)cc3)CC2)c1. The van der Waals surface area contributed by atoms with Gasteiger partial charge < -0.3 is 14.7 Å². The van der Waals surface area contributed by atoms with Crippen LogP contribution in [0.4, 0.5) is 24.7 Å². The molecule has 0 unspecified atom stereocenters. The third kappa shape index (κ3) is 4.29. The van der Waals surface area contributed by atoms with Crippen LogP contribution in [-0.2, 0) is 6.18 Å². The second-order valence-electron chi connectivity index (χ2n) is 6.52. The van der Waals surface area contributed by atoms with E-state index in [1.165, 1.54) is 12.1 Å². The van der Waals surface area contributed by atoms with Gasteiger partial charge in [0.05, 0.1) is 17.4 Å². The molecule has 1 aliphatic rings. The van der Waals surface area contributed by atoms with Gasteiger partial charge in [0.25, 0.3) is 5.91 Å². The van der Waals surface area contributed by atoms with Gasteiger partial charge >= 0.3 is 6.18 Å². The third-order valence-corrected chi connectivity index (χ3v) is 4.49. The molecule has 3 rings (SSSR count). The van der Waals surface area contributed by atoms with E-state index in [0.29, 0.717) is 26.2 Å². The third-order valence-electron chi connectivity index (χ3n) is 4.49. The number of nitrogens with zero attached hydrogens (tertiary/aromatic N) is 5. The quantitative estimate of drug-likeness (QED) is 0.820. The molecular formula is C18H20F3N5O. The van der Waals surface area contributed by atoms with Crippen LogP contribution in [0.3, 0.4) is 0 Å². The maximum absolute atomic E-state index is 12.6. The largest absolute Gasteiger partial charge is 0.416 e. The molecule has 1 aromatic carbocycles. The Balaban J connectivity index is 1.63. The van der Waals surface area contributed by atoms with E-state index in [-0.39, 0.29) is 11.5 Å². The number of alkyl halides is 3. The lowest BCUT2D eigenvalue weighted by Crippen LogP contribution is -2.49. The maximum atomic E-state index is 12.6. The van der Waals surface area contributed by atoms with Crippen molar-refractivity contribution in [3.8, 4) is 0 Å². The summed E-state index contributed by atoms with van der Waals surface area (Å²) in [6.07, 6.45) is -2.73. The van der Waals surface area contributed by atoms with Crippen molar-refractivity contribution in [1.29, 1.82) is 0 Å². The number of anilines is 2. The number of hydrogen-bond donors (Lipinski definition) is 0. The highest BCUT2D eigenvalue weighted by atomic mass is 19.4. The Morgan fingerprint density at radius 3 is 2.26 bits per heavy atom. The van der Waals surface area contributed by atoms with Crippen molar-refractivity contribution in [1.82, 2.24) is 15.1 Å². The van der Waals surface area contributed by atoms with E-state index in [1.54, 1.807) is 11.1 Å². The van der Waals surface area contributed by atoms with Gasteiger partial charge in [-0.15, -0.1) is 5.10 Å². The molecule has 0 atom stereocenters. The van der Waals surface area contributed by atoms with E-state index in [2.05, 4.69) is 10.2 Å². The molecule has 0 radical (unpaired) electrons. The molecule has 2 heterocycles. The Kier molecular flexibility index (Phi) is 5.20. The predicted molar refractivity (Wildman–Crippen MR) is 95.9 cm³/mol. The zero-order valence-electron chi connectivity index (χ0n) is 15.1. The number of rotatable bonds is 3. The molecule has 0 aliphatic carbocycles. The van der Waals surface area contributed by atoms with Crippen LogP contribution >= 0.6 is 0 Å². The lowest BCUT2D eigenvalue weighted by molar-refractivity contribution is -0.137. The highest BCUT2D eigenvalue weighted by Crippen LogP contribution is 2.29. The molecule has 0 spiro atoms. The molecule has 1 saturated heterocycles. The van der Waals surface area contributed by atoms with Crippen molar-refractivity contribution in [2.75, 3.05) is 50.1 Å². The highest BCUT2D eigenvalue weighted by molar-refractivity contribution is 5.94. The average Bonchev–Trinajstić information content (AvgIpc) is 2.67. The van der Waals surface area contributed by atoms with Crippen molar-refractivity contribution < 1.29 is 18.0 Å². The van der Waals surface area contributed by atoms with Crippen molar-refractivity contribution in [3.63, 3.8) is 0 Å². The van der Waals surface area contributed by atoms with Crippen LogP contribution in [0.15, 0.2) is 36.5 Å². The van der Waals surface area contributed by atoms with E-state index < -0.39 is 11.7 Å². The Morgan fingerprint density at radius 1 is 1.07 bits per heavy atom. The lowest BCUT2D eigenvalue weighted by Gasteiger charge is -2.35. The van der Waals surface area contributed by atoms with E-state index in [9.17, 15) is 18.0 Å². The molecule has 6 nitrogen and oxygen atoms in total. The standard InChI is InChI=1S/C18H20F3N5O/c1-24(2)15-11-16(23-22-12-15)25-7-9-26(10-8-25)17(27)13-3-5-14(6-4-13)18(19,20)21/h3-6,11-12H,7-10H2,1-2H3.